The molecule has 0 saturated carbocycles. The van der Waals surface area contributed by atoms with Gasteiger partial charge in [-0.05, 0) is 11.1 Å². The minimum absolute atomic E-state index is 0.329. The standard InChI is InChI=1S/C30H25NO4/c32-26(35-29(25-19-11-4-12-20-25)28(33)24-17-9-3-10-18-24)21-31-30(34)27(22-13-5-1-6-14-22)23-15-7-2-8-16-23/h1-20,27,29H,21H2,(H,31,34). The molecular formula is C30H25NO4. The number of hydrogen-bond acceptors (Lipinski definition) is 4. The number of rotatable bonds is 9. The first-order valence-corrected chi connectivity index (χ1v) is 11.3. The van der Waals surface area contributed by atoms with Gasteiger partial charge in [0.25, 0.3) is 0 Å². The van der Waals surface area contributed by atoms with Gasteiger partial charge in [-0.3, -0.25) is 14.4 Å². The van der Waals surface area contributed by atoms with Crippen LogP contribution in [0.4, 0.5) is 0 Å². The predicted molar refractivity (Wildman–Crippen MR) is 134 cm³/mol. The van der Waals surface area contributed by atoms with E-state index in [-0.39, 0.29) is 18.2 Å². The number of ether oxygens (including phenoxy) is 1. The lowest BCUT2D eigenvalue weighted by molar-refractivity contribution is -0.147. The zero-order valence-electron chi connectivity index (χ0n) is 19.0. The fourth-order valence-corrected chi connectivity index (χ4v) is 3.88. The number of carbonyl (C=O) groups excluding carboxylic acids is 3. The molecule has 1 amide bonds. The Morgan fingerprint density at radius 3 is 1.51 bits per heavy atom. The smallest absolute Gasteiger partial charge is 0.326 e. The van der Waals surface area contributed by atoms with Crippen molar-refractivity contribution in [2.75, 3.05) is 6.54 Å². The molecule has 0 bridgehead atoms. The summed E-state index contributed by atoms with van der Waals surface area (Å²) in [5.41, 5.74) is 2.62. The van der Waals surface area contributed by atoms with E-state index in [1.807, 2.05) is 72.8 Å². The van der Waals surface area contributed by atoms with Gasteiger partial charge in [0.15, 0.2) is 6.10 Å². The van der Waals surface area contributed by atoms with E-state index in [0.29, 0.717) is 11.1 Å². The summed E-state index contributed by atoms with van der Waals surface area (Å²) in [7, 11) is 0. The van der Waals surface area contributed by atoms with Gasteiger partial charge in [0.1, 0.15) is 6.54 Å². The second-order valence-corrected chi connectivity index (χ2v) is 7.98. The molecule has 5 nitrogen and oxygen atoms in total. The molecule has 0 saturated heterocycles. The molecule has 0 fully saturated rings. The highest BCUT2D eigenvalue weighted by molar-refractivity contribution is 6.01. The highest BCUT2D eigenvalue weighted by Gasteiger charge is 2.27. The fourth-order valence-electron chi connectivity index (χ4n) is 3.88. The Morgan fingerprint density at radius 1 is 0.600 bits per heavy atom. The van der Waals surface area contributed by atoms with Crippen molar-refractivity contribution < 1.29 is 19.1 Å². The third-order valence-corrected chi connectivity index (χ3v) is 5.58. The summed E-state index contributed by atoms with van der Waals surface area (Å²) in [4.78, 5) is 39.1. The van der Waals surface area contributed by atoms with Crippen LogP contribution in [0.5, 0.6) is 0 Å². The maximum atomic E-state index is 13.2. The summed E-state index contributed by atoms with van der Waals surface area (Å²) in [5, 5.41) is 2.69. The third kappa shape index (κ3) is 6.09. The zero-order chi connectivity index (χ0) is 24.5. The Balaban J connectivity index is 1.48. The van der Waals surface area contributed by atoms with E-state index in [1.165, 1.54) is 0 Å². The highest BCUT2D eigenvalue weighted by Crippen LogP contribution is 2.25. The van der Waals surface area contributed by atoms with E-state index in [1.54, 1.807) is 48.5 Å². The molecule has 0 spiro atoms. The van der Waals surface area contributed by atoms with Crippen LogP contribution in [0.3, 0.4) is 0 Å². The molecule has 4 rings (SSSR count). The molecule has 0 aliphatic rings. The largest absolute Gasteiger partial charge is 0.448 e. The second kappa shape index (κ2) is 11.6. The molecule has 1 N–H and O–H groups in total. The lowest BCUT2D eigenvalue weighted by Gasteiger charge is -2.20. The predicted octanol–water partition coefficient (Wildman–Crippen LogP) is 5.10. The van der Waals surface area contributed by atoms with Crippen LogP contribution in [0.1, 0.15) is 39.1 Å². The van der Waals surface area contributed by atoms with E-state index < -0.39 is 18.0 Å². The van der Waals surface area contributed by atoms with Crippen LogP contribution >= 0.6 is 0 Å². The van der Waals surface area contributed by atoms with Crippen LogP contribution < -0.4 is 5.32 Å². The van der Waals surface area contributed by atoms with Crippen LogP contribution in [-0.4, -0.2) is 24.2 Å². The maximum absolute atomic E-state index is 13.2. The second-order valence-electron chi connectivity index (χ2n) is 7.98. The molecule has 0 aromatic heterocycles. The van der Waals surface area contributed by atoms with Crippen LogP contribution in [0.2, 0.25) is 0 Å². The van der Waals surface area contributed by atoms with Crippen molar-refractivity contribution in [3.8, 4) is 0 Å². The number of esters is 1. The van der Waals surface area contributed by atoms with E-state index in [4.69, 9.17) is 4.74 Å². The van der Waals surface area contributed by atoms with Gasteiger partial charge in [0, 0.05) is 11.1 Å². The Kier molecular flexibility index (Phi) is 7.81. The normalized spacial score (nSPS) is 11.5. The topological polar surface area (TPSA) is 72.5 Å². The van der Waals surface area contributed by atoms with Crippen molar-refractivity contribution in [1.29, 1.82) is 0 Å². The van der Waals surface area contributed by atoms with Gasteiger partial charge in [-0.2, -0.15) is 0 Å². The SMILES string of the molecule is O=C(CNC(=O)C(c1ccccc1)c1ccccc1)OC(C(=O)c1ccccc1)c1ccccc1. The van der Waals surface area contributed by atoms with Gasteiger partial charge >= 0.3 is 5.97 Å². The van der Waals surface area contributed by atoms with E-state index >= 15 is 0 Å². The molecule has 35 heavy (non-hydrogen) atoms. The van der Waals surface area contributed by atoms with Crippen LogP contribution in [0.25, 0.3) is 0 Å². The summed E-state index contributed by atoms with van der Waals surface area (Å²) in [6, 6.07) is 36.3. The van der Waals surface area contributed by atoms with Gasteiger partial charge in [0.05, 0.1) is 5.92 Å². The average Bonchev–Trinajstić information content (AvgIpc) is 2.92. The van der Waals surface area contributed by atoms with Gasteiger partial charge in [-0.1, -0.05) is 121 Å². The monoisotopic (exact) mass is 463 g/mol. The maximum Gasteiger partial charge on any atom is 0.326 e. The molecule has 174 valence electrons. The van der Waals surface area contributed by atoms with Gasteiger partial charge in [-0.15, -0.1) is 0 Å². The Labute approximate surface area is 204 Å². The Hall–Kier alpha value is -4.51. The first-order chi connectivity index (χ1) is 17.1. The van der Waals surface area contributed by atoms with Gasteiger partial charge < -0.3 is 10.1 Å². The summed E-state index contributed by atoms with van der Waals surface area (Å²) >= 11 is 0. The number of Topliss-reactive ketones (excluding diaryl/α,β-unsaturated/α-hetero) is 1. The molecule has 0 aliphatic heterocycles. The van der Waals surface area contributed by atoms with Crippen molar-refractivity contribution in [2.45, 2.75) is 12.0 Å². The third-order valence-electron chi connectivity index (χ3n) is 5.58. The molecule has 4 aromatic carbocycles. The van der Waals surface area contributed by atoms with E-state index in [2.05, 4.69) is 5.32 Å². The van der Waals surface area contributed by atoms with Crippen molar-refractivity contribution in [2.24, 2.45) is 0 Å². The van der Waals surface area contributed by atoms with Crippen molar-refractivity contribution in [3.63, 3.8) is 0 Å². The van der Waals surface area contributed by atoms with Crippen LogP contribution in [-0.2, 0) is 14.3 Å². The van der Waals surface area contributed by atoms with E-state index in [9.17, 15) is 14.4 Å². The minimum Gasteiger partial charge on any atom is -0.448 e. The fraction of sp³-hybridized carbons (Fsp3) is 0.100. The Morgan fingerprint density at radius 2 is 1.03 bits per heavy atom. The van der Waals surface area contributed by atoms with Gasteiger partial charge in [-0.25, -0.2) is 0 Å². The lowest BCUT2D eigenvalue weighted by atomic mass is 9.90. The minimum atomic E-state index is -1.11. The summed E-state index contributed by atoms with van der Waals surface area (Å²) < 4.78 is 5.59. The summed E-state index contributed by atoms with van der Waals surface area (Å²) in [6.45, 7) is -0.361. The molecule has 1 unspecified atom stereocenters. The number of benzene rings is 4. The molecule has 0 radical (unpaired) electrons. The molecule has 0 aliphatic carbocycles. The molecule has 1 atom stereocenters. The number of hydrogen-bond donors (Lipinski definition) is 1. The van der Waals surface area contributed by atoms with Crippen molar-refractivity contribution in [3.05, 3.63) is 144 Å². The van der Waals surface area contributed by atoms with Crippen molar-refractivity contribution >= 4 is 17.7 Å². The summed E-state index contributed by atoms with van der Waals surface area (Å²) in [5.74, 6) is -1.94. The number of carbonyl (C=O) groups is 3. The number of ketones is 1. The highest BCUT2D eigenvalue weighted by atomic mass is 16.5. The Bertz CT molecular complexity index is 1220. The number of nitrogens with one attached hydrogen (secondary N) is 1. The molecule has 0 heterocycles. The van der Waals surface area contributed by atoms with Crippen LogP contribution in [0, 0.1) is 0 Å². The lowest BCUT2D eigenvalue weighted by Crippen LogP contribution is -2.36. The van der Waals surface area contributed by atoms with Crippen molar-refractivity contribution in [1.82, 2.24) is 5.32 Å². The quantitative estimate of drug-likeness (QED) is 0.277. The first kappa shape index (κ1) is 23.6. The first-order valence-electron chi connectivity index (χ1n) is 11.3. The number of amides is 1. The van der Waals surface area contributed by atoms with Gasteiger partial charge in [0.2, 0.25) is 11.7 Å². The average molecular weight is 464 g/mol. The molecular weight excluding hydrogens is 438 g/mol. The molecule has 4 aromatic rings. The van der Waals surface area contributed by atoms with E-state index in [0.717, 1.165) is 11.1 Å². The van der Waals surface area contributed by atoms with Crippen LogP contribution in [0.15, 0.2) is 121 Å². The summed E-state index contributed by atoms with van der Waals surface area (Å²) in [6.07, 6.45) is -1.11. The molecule has 5 heteroatoms. The zero-order valence-corrected chi connectivity index (χ0v) is 19.0.